The molecular weight excluding hydrogens is 648 g/mol. The van der Waals surface area contributed by atoms with Gasteiger partial charge in [-0.05, 0) is 67.4 Å². The Hall–Kier alpha value is -4.19. The molecule has 12 nitrogen and oxygen atoms in total. The molecule has 0 aromatic heterocycles. The number of rotatable bonds is 10. The molecule has 3 heterocycles. The van der Waals surface area contributed by atoms with Crippen LogP contribution in [-0.4, -0.2) is 94.4 Å². The van der Waals surface area contributed by atoms with Gasteiger partial charge in [0.1, 0.15) is 24.1 Å². The number of carboxylic acids is 1. The van der Waals surface area contributed by atoms with Crippen LogP contribution in [0.3, 0.4) is 0 Å². The number of carbonyl (C=O) groups excluding carboxylic acids is 1. The van der Waals surface area contributed by atoms with Gasteiger partial charge in [0.2, 0.25) is 0 Å². The van der Waals surface area contributed by atoms with E-state index in [9.17, 15) is 23.6 Å². The summed E-state index contributed by atoms with van der Waals surface area (Å²) in [5.41, 5.74) is -1.21. The summed E-state index contributed by atoms with van der Waals surface area (Å²) < 4.78 is 46.6. The number of fused-ring (bicyclic) bond motifs is 1. The lowest BCUT2D eigenvalue weighted by atomic mass is 9.80. The van der Waals surface area contributed by atoms with Crippen molar-refractivity contribution < 1.29 is 37.3 Å². The minimum Gasteiger partial charge on any atom is -0.496 e. The van der Waals surface area contributed by atoms with Crippen molar-refractivity contribution in [3.63, 3.8) is 0 Å². The molecule has 3 aromatic rings. The molecule has 2 saturated heterocycles. The molecule has 3 aliphatic rings. The maximum atomic E-state index is 15.1. The van der Waals surface area contributed by atoms with Crippen LogP contribution in [0, 0.1) is 11.3 Å². The average Bonchev–Trinajstić information content (AvgIpc) is 3.67. The first-order valence-electron chi connectivity index (χ1n) is 15.1. The number of halogens is 1. The van der Waals surface area contributed by atoms with Crippen molar-refractivity contribution in [3.05, 3.63) is 82.4 Å². The molecule has 0 radical (unpaired) electrons. The maximum absolute atomic E-state index is 15.1. The lowest BCUT2D eigenvalue weighted by Crippen LogP contribution is -2.58. The van der Waals surface area contributed by atoms with E-state index in [0.717, 1.165) is 13.1 Å². The van der Waals surface area contributed by atoms with E-state index in [1.54, 1.807) is 18.2 Å². The van der Waals surface area contributed by atoms with Gasteiger partial charge >= 0.3 is 5.97 Å². The van der Waals surface area contributed by atoms with Crippen molar-refractivity contribution in [1.29, 1.82) is 5.26 Å². The van der Waals surface area contributed by atoms with Gasteiger partial charge in [0, 0.05) is 48.4 Å². The zero-order valence-electron chi connectivity index (χ0n) is 25.6. The van der Waals surface area contributed by atoms with E-state index in [1.165, 1.54) is 54.5 Å². The fourth-order valence-electron chi connectivity index (χ4n) is 6.69. The van der Waals surface area contributed by atoms with Crippen LogP contribution in [0.2, 0.25) is 5.02 Å². The Kier molecular flexibility index (Phi) is 9.15. The third-order valence-electron chi connectivity index (χ3n) is 8.89. The molecule has 0 spiro atoms. The average molecular weight is 681 g/mol. The Bertz CT molecular complexity index is 1840. The number of methoxy groups -OCH3 is 1. The summed E-state index contributed by atoms with van der Waals surface area (Å²) in [7, 11) is -3.13. The van der Waals surface area contributed by atoms with Gasteiger partial charge in [0.25, 0.3) is 15.9 Å². The van der Waals surface area contributed by atoms with Crippen LogP contribution in [-0.2, 0) is 29.9 Å². The van der Waals surface area contributed by atoms with Crippen LogP contribution in [0.15, 0.2) is 65.6 Å². The van der Waals surface area contributed by atoms with Gasteiger partial charge in [-0.3, -0.25) is 19.4 Å². The molecule has 47 heavy (non-hydrogen) atoms. The van der Waals surface area contributed by atoms with Crippen LogP contribution in [0.5, 0.6) is 11.5 Å². The summed E-state index contributed by atoms with van der Waals surface area (Å²) in [6.45, 7) is 4.18. The number of benzene rings is 3. The summed E-state index contributed by atoms with van der Waals surface area (Å²) >= 11 is 6.52. The second-order valence-electron chi connectivity index (χ2n) is 11.4. The number of anilines is 1. The highest BCUT2D eigenvalue weighted by Crippen LogP contribution is 2.55. The molecule has 0 saturated carbocycles. The highest BCUT2D eigenvalue weighted by atomic mass is 35.5. The van der Waals surface area contributed by atoms with E-state index < -0.39 is 33.5 Å². The molecule has 246 valence electrons. The first-order chi connectivity index (χ1) is 22.6. The molecule has 6 rings (SSSR count). The molecule has 0 aliphatic carbocycles. The fraction of sp³-hybridized carbons (Fsp3) is 0.364. The van der Waals surface area contributed by atoms with E-state index in [-0.39, 0.29) is 51.0 Å². The van der Waals surface area contributed by atoms with E-state index in [1.807, 2.05) is 6.07 Å². The minimum atomic E-state index is -4.56. The highest BCUT2D eigenvalue weighted by molar-refractivity contribution is 7.93. The third-order valence-corrected chi connectivity index (χ3v) is 10.8. The normalized spacial score (nSPS) is 21.8. The Labute approximate surface area is 277 Å². The van der Waals surface area contributed by atoms with E-state index in [4.69, 9.17) is 25.8 Å². The predicted octanol–water partition coefficient (Wildman–Crippen LogP) is 3.46. The highest BCUT2D eigenvalue weighted by Gasteiger charge is 2.63. The summed E-state index contributed by atoms with van der Waals surface area (Å²) in [6, 6.07) is 15.4. The maximum Gasteiger partial charge on any atom is 0.320 e. The third kappa shape index (κ3) is 5.70. The number of carboxylic acid groups (broad SMARTS) is 1. The standard InChI is InChI=1S/C33H33ClN4O8S/c1-44-30-20-24(46-18-15-36-13-16-45-17-14-36)7-10-26(30)33(37-12-2-3-29(37)31(39)40)27-19-23(34)6-11-28(27)38(32(33)41)47(42,43)25-8-4-22(21-35)5-9-25/h4-11,19-20,29H,2-3,12-18H2,1H3,(H,39,40)/t29-,33?/m0/s1. The smallest absolute Gasteiger partial charge is 0.320 e. The minimum absolute atomic E-state index is 0.0349. The SMILES string of the molecule is COc1cc(OCCN2CCOCC2)ccc1C1(N2CCC[C@H]2C(=O)O)C(=O)N(S(=O)(=O)c2ccc(C#N)cc2)c2ccc(Cl)cc21. The molecule has 1 unspecified atom stereocenters. The topological polar surface area (TPSA) is 150 Å². The van der Waals surface area contributed by atoms with Crippen LogP contribution >= 0.6 is 11.6 Å². The number of likely N-dealkylation sites (tertiary alicyclic amines) is 1. The number of hydrogen-bond acceptors (Lipinski definition) is 10. The Morgan fingerprint density at radius 1 is 1.09 bits per heavy atom. The van der Waals surface area contributed by atoms with Crippen molar-refractivity contribution in [1.82, 2.24) is 9.80 Å². The van der Waals surface area contributed by atoms with E-state index >= 15 is 4.79 Å². The number of nitrogens with zero attached hydrogens (tertiary/aromatic N) is 4. The van der Waals surface area contributed by atoms with Crippen LogP contribution < -0.4 is 13.8 Å². The summed E-state index contributed by atoms with van der Waals surface area (Å²) in [6.07, 6.45) is 0.697. The molecule has 2 fully saturated rings. The van der Waals surface area contributed by atoms with E-state index in [2.05, 4.69) is 4.90 Å². The number of sulfonamides is 1. The summed E-state index contributed by atoms with van der Waals surface area (Å²) in [5, 5.41) is 19.8. The lowest BCUT2D eigenvalue weighted by molar-refractivity contribution is -0.145. The molecule has 3 aromatic carbocycles. The van der Waals surface area contributed by atoms with Crippen molar-refractivity contribution in [2.24, 2.45) is 0 Å². The Balaban J connectivity index is 1.50. The Morgan fingerprint density at radius 3 is 2.51 bits per heavy atom. The quantitative estimate of drug-likeness (QED) is 0.335. The second kappa shape index (κ2) is 13.1. The van der Waals surface area contributed by atoms with Gasteiger partial charge < -0.3 is 19.3 Å². The van der Waals surface area contributed by atoms with Gasteiger partial charge in [-0.15, -0.1) is 0 Å². The van der Waals surface area contributed by atoms with Crippen molar-refractivity contribution >= 4 is 39.2 Å². The monoisotopic (exact) mass is 680 g/mol. The van der Waals surface area contributed by atoms with Crippen molar-refractivity contribution in [2.45, 2.75) is 29.3 Å². The molecule has 14 heteroatoms. The van der Waals surface area contributed by atoms with Crippen LogP contribution in [0.25, 0.3) is 0 Å². The van der Waals surface area contributed by atoms with E-state index in [0.29, 0.717) is 42.8 Å². The molecule has 2 atom stereocenters. The Morgan fingerprint density at radius 2 is 1.83 bits per heavy atom. The van der Waals surface area contributed by atoms with Crippen LogP contribution in [0.4, 0.5) is 5.69 Å². The van der Waals surface area contributed by atoms with Crippen molar-refractivity contribution in [2.75, 3.05) is 57.4 Å². The lowest BCUT2D eigenvalue weighted by Gasteiger charge is -2.41. The first-order valence-corrected chi connectivity index (χ1v) is 17.0. The van der Waals surface area contributed by atoms with Gasteiger partial charge in [-0.1, -0.05) is 11.6 Å². The van der Waals surface area contributed by atoms with Crippen molar-refractivity contribution in [3.8, 4) is 17.6 Å². The zero-order valence-corrected chi connectivity index (χ0v) is 27.2. The fourth-order valence-corrected chi connectivity index (χ4v) is 8.32. The second-order valence-corrected chi connectivity index (χ2v) is 13.7. The van der Waals surface area contributed by atoms with Crippen LogP contribution in [0.1, 0.15) is 29.5 Å². The number of ether oxygens (including phenoxy) is 3. The summed E-state index contributed by atoms with van der Waals surface area (Å²) in [4.78, 5) is 31.3. The number of hydrogen-bond donors (Lipinski definition) is 1. The van der Waals surface area contributed by atoms with Gasteiger partial charge in [0.05, 0.1) is 42.5 Å². The molecule has 0 bridgehead atoms. The van der Waals surface area contributed by atoms with Gasteiger partial charge in [0.15, 0.2) is 5.54 Å². The number of aliphatic carboxylic acids is 1. The first kappa shape index (κ1) is 32.7. The molecule has 1 N–H and O–H groups in total. The molecule has 1 amide bonds. The zero-order chi connectivity index (χ0) is 33.3. The summed E-state index contributed by atoms with van der Waals surface area (Å²) in [5.74, 6) is -1.37. The molecule has 3 aliphatic heterocycles. The van der Waals surface area contributed by atoms with Gasteiger partial charge in [-0.2, -0.15) is 5.26 Å². The van der Waals surface area contributed by atoms with Gasteiger partial charge in [-0.25, -0.2) is 12.7 Å². The predicted molar refractivity (Wildman–Crippen MR) is 171 cm³/mol. The largest absolute Gasteiger partial charge is 0.496 e. The molecular formula is C33H33ClN4O8S. The number of amides is 1. The number of morpholine rings is 1. The number of nitriles is 1. The number of carbonyl (C=O) groups is 2.